The molecule has 3 nitrogen and oxygen atoms in total. The largest absolute Gasteiger partial charge is 0.481 e. The summed E-state index contributed by atoms with van der Waals surface area (Å²) in [6.07, 6.45) is 0.243. The minimum Gasteiger partial charge on any atom is -0.481 e. The first-order chi connectivity index (χ1) is 9.01. The van der Waals surface area contributed by atoms with Gasteiger partial charge in [-0.15, -0.1) is 0 Å². The van der Waals surface area contributed by atoms with Crippen LogP contribution in [0.15, 0.2) is 24.3 Å². The van der Waals surface area contributed by atoms with Crippen molar-refractivity contribution < 1.29 is 14.7 Å². The van der Waals surface area contributed by atoms with Crippen LogP contribution in [-0.2, 0) is 10.2 Å². The van der Waals surface area contributed by atoms with Gasteiger partial charge in [-0.05, 0) is 16.4 Å². The van der Waals surface area contributed by atoms with Crippen LogP contribution in [0.4, 0.5) is 0 Å². The fraction of sp³-hybridized carbons (Fsp3) is 0.529. The Morgan fingerprint density at radius 2 is 1.45 bits per heavy atom. The van der Waals surface area contributed by atoms with Crippen LogP contribution < -0.4 is 0 Å². The van der Waals surface area contributed by atoms with Crippen molar-refractivity contribution in [3.05, 3.63) is 35.4 Å². The molecule has 1 aromatic carbocycles. The summed E-state index contributed by atoms with van der Waals surface area (Å²) >= 11 is 0. The van der Waals surface area contributed by atoms with Crippen molar-refractivity contribution in [1.82, 2.24) is 0 Å². The van der Waals surface area contributed by atoms with Crippen LogP contribution >= 0.6 is 0 Å². The third-order valence-corrected chi connectivity index (χ3v) is 3.34. The monoisotopic (exact) mass is 276 g/mol. The van der Waals surface area contributed by atoms with Crippen molar-refractivity contribution in [1.29, 1.82) is 0 Å². The van der Waals surface area contributed by atoms with Gasteiger partial charge in [-0.1, -0.05) is 58.9 Å². The number of carbonyl (C=O) groups excluding carboxylic acids is 1. The van der Waals surface area contributed by atoms with Crippen LogP contribution in [0.5, 0.6) is 0 Å². The van der Waals surface area contributed by atoms with Gasteiger partial charge in [0.15, 0.2) is 5.78 Å². The zero-order valence-corrected chi connectivity index (χ0v) is 13.0. The maximum Gasteiger partial charge on any atom is 0.303 e. The summed E-state index contributed by atoms with van der Waals surface area (Å²) in [6.45, 7) is 9.99. The molecule has 20 heavy (non-hydrogen) atoms. The van der Waals surface area contributed by atoms with Crippen molar-refractivity contribution in [2.24, 2.45) is 5.41 Å². The topological polar surface area (TPSA) is 54.4 Å². The zero-order chi connectivity index (χ0) is 15.6. The second-order valence-corrected chi connectivity index (χ2v) is 7.16. The smallest absolute Gasteiger partial charge is 0.303 e. The van der Waals surface area contributed by atoms with Gasteiger partial charge in [0.2, 0.25) is 0 Å². The van der Waals surface area contributed by atoms with E-state index in [4.69, 9.17) is 5.11 Å². The third kappa shape index (κ3) is 4.80. The lowest BCUT2D eigenvalue weighted by molar-refractivity contribution is -0.139. The predicted molar refractivity (Wildman–Crippen MR) is 80.1 cm³/mol. The summed E-state index contributed by atoms with van der Waals surface area (Å²) in [5.74, 6) is -0.873. The van der Waals surface area contributed by atoms with Crippen molar-refractivity contribution in [3.63, 3.8) is 0 Å². The Morgan fingerprint density at radius 3 is 1.85 bits per heavy atom. The molecule has 0 aliphatic carbocycles. The van der Waals surface area contributed by atoms with Gasteiger partial charge in [-0.2, -0.15) is 0 Å². The van der Waals surface area contributed by atoms with E-state index in [0.29, 0.717) is 5.56 Å². The lowest BCUT2D eigenvalue weighted by Crippen LogP contribution is -2.21. The minimum absolute atomic E-state index is 0.00118. The lowest BCUT2D eigenvalue weighted by Gasteiger charge is -2.22. The van der Waals surface area contributed by atoms with Crippen LogP contribution in [-0.4, -0.2) is 16.9 Å². The Kier molecular flexibility index (Phi) is 4.74. The number of aliphatic carboxylic acids is 1. The highest BCUT2D eigenvalue weighted by atomic mass is 16.4. The second kappa shape index (κ2) is 5.78. The number of Topliss-reactive ketones (excluding diaryl/α,β-unsaturated/α-hetero) is 1. The number of carbonyl (C=O) groups is 2. The van der Waals surface area contributed by atoms with E-state index in [-0.39, 0.29) is 24.0 Å². The van der Waals surface area contributed by atoms with Crippen molar-refractivity contribution >= 4 is 11.8 Å². The molecule has 0 saturated heterocycles. The normalized spacial score (nSPS) is 12.2. The Balaban J connectivity index is 2.81. The molecule has 0 unspecified atom stereocenters. The third-order valence-electron chi connectivity index (χ3n) is 3.34. The molecule has 0 spiro atoms. The summed E-state index contributed by atoms with van der Waals surface area (Å²) in [5, 5.41) is 8.85. The number of carboxylic acids is 1. The van der Waals surface area contributed by atoms with Gasteiger partial charge in [0.1, 0.15) is 0 Å². The number of rotatable bonds is 5. The van der Waals surface area contributed by atoms with Crippen LogP contribution in [0.2, 0.25) is 0 Å². The number of benzene rings is 1. The Morgan fingerprint density at radius 1 is 0.950 bits per heavy atom. The summed E-state index contributed by atoms with van der Waals surface area (Å²) in [6, 6.07) is 7.61. The van der Waals surface area contributed by atoms with E-state index >= 15 is 0 Å². The van der Waals surface area contributed by atoms with Gasteiger partial charge in [0, 0.05) is 12.0 Å². The highest BCUT2D eigenvalue weighted by molar-refractivity contribution is 5.96. The molecule has 1 N–H and O–H groups in total. The van der Waals surface area contributed by atoms with Crippen molar-refractivity contribution in [2.75, 3.05) is 0 Å². The molecule has 0 fully saturated rings. The standard InChI is InChI=1S/C17H24O3/c1-16(2,3)13-8-6-12(7-9-13)14(18)10-17(4,5)11-15(19)20/h6-9H,10-11H2,1-5H3,(H,19,20). The van der Waals surface area contributed by atoms with E-state index in [0.717, 1.165) is 0 Å². The van der Waals surface area contributed by atoms with Gasteiger partial charge in [0.25, 0.3) is 0 Å². The quantitative estimate of drug-likeness (QED) is 0.825. The molecular weight excluding hydrogens is 252 g/mol. The average Bonchev–Trinajstić information content (AvgIpc) is 2.25. The summed E-state index contributed by atoms with van der Waals surface area (Å²) in [4.78, 5) is 23.0. The molecule has 110 valence electrons. The van der Waals surface area contributed by atoms with Crippen LogP contribution in [0.1, 0.15) is 63.4 Å². The van der Waals surface area contributed by atoms with E-state index in [9.17, 15) is 9.59 Å². The zero-order valence-electron chi connectivity index (χ0n) is 13.0. The van der Waals surface area contributed by atoms with Crippen LogP contribution in [0.3, 0.4) is 0 Å². The van der Waals surface area contributed by atoms with E-state index in [2.05, 4.69) is 20.8 Å². The first-order valence-corrected chi connectivity index (χ1v) is 6.87. The highest BCUT2D eigenvalue weighted by Crippen LogP contribution is 2.28. The van der Waals surface area contributed by atoms with Crippen molar-refractivity contribution in [3.8, 4) is 0 Å². The molecule has 0 aliphatic rings. The van der Waals surface area contributed by atoms with E-state index in [1.54, 1.807) is 0 Å². The summed E-state index contributed by atoms with van der Waals surface area (Å²) < 4.78 is 0. The summed E-state index contributed by atoms with van der Waals surface area (Å²) in [5.41, 5.74) is 1.37. The van der Waals surface area contributed by atoms with Gasteiger partial charge in [-0.25, -0.2) is 0 Å². The molecule has 3 heteroatoms. The Hall–Kier alpha value is -1.64. The number of carboxylic acid groups (broad SMARTS) is 1. The molecular formula is C17H24O3. The minimum atomic E-state index is -0.870. The molecule has 0 atom stereocenters. The van der Waals surface area contributed by atoms with Crippen molar-refractivity contribution in [2.45, 2.75) is 52.9 Å². The molecule has 1 aromatic rings. The molecule has 0 bridgehead atoms. The molecule has 0 radical (unpaired) electrons. The maximum absolute atomic E-state index is 12.2. The molecule has 1 rings (SSSR count). The number of ketones is 1. The molecule has 0 aromatic heterocycles. The molecule has 0 amide bonds. The van der Waals surface area contributed by atoms with Crippen LogP contribution in [0, 0.1) is 5.41 Å². The number of hydrogen-bond donors (Lipinski definition) is 1. The van der Waals surface area contributed by atoms with E-state index < -0.39 is 11.4 Å². The predicted octanol–water partition coefficient (Wildman–Crippen LogP) is 4.06. The Bertz CT molecular complexity index is 490. The fourth-order valence-electron chi connectivity index (χ4n) is 2.16. The SMILES string of the molecule is CC(C)(CC(=O)O)CC(=O)c1ccc(C(C)(C)C)cc1. The van der Waals surface area contributed by atoms with Gasteiger partial charge >= 0.3 is 5.97 Å². The molecule has 0 saturated carbocycles. The molecule has 0 aliphatic heterocycles. The first kappa shape index (κ1) is 16.4. The van der Waals surface area contributed by atoms with E-state index in [1.807, 2.05) is 38.1 Å². The lowest BCUT2D eigenvalue weighted by atomic mass is 9.81. The van der Waals surface area contributed by atoms with Crippen LogP contribution in [0.25, 0.3) is 0 Å². The highest BCUT2D eigenvalue weighted by Gasteiger charge is 2.26. The molecule has 0 heterocycles. The summed E-state index contributed by atoms with van der Waals surface area (Å²) in [7, 11) is 0. The van der Waals surface area contributed by atoms with Gasteiger partial charge < -0.3 is 5.11 Å². The van der Waals surface area contributed by atoms with E-state index in [1.165, 1.54) is 5.56 Å². The second-order valence-electron chi connectivity index (χ2n) is 7.16. The maximum atomic E-state index is 12.2. The average molecular weight is 276 g/mol. The fourth-order valence-corrected chi connectivity index (χ4v) is 2.16. The Labute approximate surface area is 121 Å². The first-order valence-electron chi connectivity index (χ1n) is 6.87. The van der Waals surface area contributed by atoms with Gasteiger partial charge in [-0.3, -0.25) is 9.59 Å². The van der Waals surface area contributed by atoms with Gasteiger partial charge in [0.05, 0.1) is 6.42 Å². The number of hydrogen-bond acceptors (Lipinski definition) is 2.